The van der Waals surface area contributed by atoms with E-state index in [0.29, 0.717) is 6.04 Å². The summed E-state index contributed by atoms with van der Waals surface area (Å²) in [6, 6.07) is 4.45. The molecule has 1 fully saturated rings. The van der Waals surface area contributed by atoms with Crippen LogP contribution in [0.25, 0.3) is 0 Å². The van der Waals surface area contributed by atoms with Gasteiger partial charge in [-0.05, 0) is 31.5 Å². The van der Waals surface area contributed by atoms with Gasteiger partial charge in [0.1, 0.15) is 6.33 Å². The largest absolute Gasteiger partial charge is 0.289 e. The Balaban J connectivity index is 1.76. The molecule has 1 aliphatic heterocycles. The van der Waals surface area contributed by atoms with E-state index in [0.717, 1.165) is 24.5 Å². The Morgan fingerprint density at radius 2 is 2.35 bits per heavy atom. The molecule has 1 atom stereocenters. The number of hydrogen-bond donors (Lipinski definition) is 1. The van der Waals surface area contributed by atoms with E-state index >= 15 is 0 Å². The average molecular weight is 229 g/mol. The molecule has 2 aromatic heterocycles. The van der Waals surface area contributed by atoms with E-state index in [1.807, 2.05) is 18.3 Å². The zero-order chi connectivity index (χ0) is 11.5. The van der Waals surface area contributed by atoms with Crippen molar-refractivity contribution < 1.29 is 0 Å². The minimum atomic E-state index is 0.418. The van der Waals surface area contributed by atoms with Gasteiger partial charge in [0, 0.05) is 24.6 Å². The Bertz CT molecular complexity index is 453. The number of hydrogen-bond acceptors (Lipinski definition) is 4. The monoisotopic (exact) mass is 229 g/mol. The molecule has 1 aliphatic rings. The second kappa shape index (κ2) is 4.63. The molecule has 5 heteroatoms. The van der Waals surface area contributed by atoms with Crippen LogP contribution in [-0.2, 0) is 6.54 Å². The fraction of sp³-hybridized carbons (Fsp3) is 0.417. The van der Waals surface area contributed by atoms with Crippen LogP contribution in [0, 0.1) is 0 Å². The molecule has 0 radical (unpaired) electrons. The summed E-state index contributed by atoms with van der Waals surface area (Å²) in [7, 11) is 0. The molecule has 0 aliphatic carbocycles. The first-order chi connectivity index (χ1) is 8.43. The lowest BCUT2D eigenvalue weighted by molar-refractivity contribution is 0.241. The molecule has 0 amide bonds. The molecule has 0 unspecified atom stereocenters. The number of H-pyrrole nitrogens is 1. The molecule has 0 saturated carbocycles. The van der Waals surface area contributed by atoms with Gasteiger partial charge in [-0.15, -0.1) is 0 Å². The summed E-state index contributed by atoms with van der Waals surface area (Å²) in [5, 5.41) is 7.00. The molecule has 17 heavy (non-hydrogen) atoms. The average Bonchev–Trinajstić information content (AvgIpc) is 3.02. The Morgan fingerprint density at radius 3 is 3.12 bits per heavy atom. The molecule has 2 aromatic rings. The van der Waals surface area contributed by atoms with Gasteiger partial charge in [0.15, 0.2) is 0 Å². The normalized spacial score (nSPS) is 20.8. The third-order valence-corrected chi connectivity index (χ3v) is 3.24. The van der Waals surface area contributed by atoms with Crippen LogP contribution in [0.5, 0.6) is 0 Å². The Morgan fingerprint density at radius 1 is 1.35 bits per heavy atom. The second-order valence-electron chi connectivity index (χ2n) is 4.34. The summed E-state index contributed by atoms with van der Waals surface area (Å²) < 4.78 is 0. The van der Waals surface area contributed by atoms with Crippen LogP contribution in [0.15, 0.2) is 30.9 Å². The Labute approximate surface area is 99.9 Å². The van der Waals surface area contributed by atoms with Crippen molar-refractivity contribution in [3.63, 3.8) is 0 Å². The fourth-order valence-electron chi connectivity index (χ4n) is 2.44. The molecule has 1 N–H and O–H groups in total. The lowest BCUT2D eigenvalue weighted by Crippen LogP contribution is -2.23. The van der Waals surface area contributed by atoms with E-state index in [1.54, 1.807) is 12.5 Å². The highest BCUT2D eigenvalue weighted by molar-refractivity contribution is 5.08. The predicted octanol–water partition coefficient (Wildman–Crippen LogP) is 1.54. The third-order valence-electron chi connectivity index (χ3n) is 3.24. The van der Waals surface area contributed by atoms with Crippen LogP contribution in [-0.4, -0.2) is 31.6 Å². The number of rotatable bonds is 3. The zero-order valence-corrected chi connectivity index (χ0v) is 9.58. The highest BCUT2D eigenvalue weighted by atomic mass is 15.2. The Hall–Kier alpha value is -1.75. The van der Waals surface area contributed by atoms with Crippen LogP contribution in [0.3, 0.4) is 0 Å². The number of nitrogens with zero attached hydrogens (tertiary/aromatic N) is 4. The van der Waals surface area contributed by atoms with E-state index in [9.17, 15) is 0 Å². The third kappa shape index (κ3) is 2.19. The van der Waals surface area contributed by atoms with Crippen molar-refractivity contribution in [2.45, 2.75) is 25.4 Å². The summed E-state index contributed by atoms with van der Waals surface area (Å²) in [5.74, 6) is 0. The summed E-state index contributed by atoms with van der Waals surface area (Å²) in [4.78, 5) is 10.8. The first-order valence-corrected chi connectivity index (χ1v) is 5.92. The molecular weight excluding hydrogens is 214 g/mol. The van der Waals surface area contributed by atoms with E-state index in [4.69, 9.17) is 0 Å². The van der Waals surface area contributed by atoms with Crippen LogP contribution in [0.4, 0.5) is 0 Å². The molecule has 0 aromatic carbocycles. The van der Waals surface area contributed by atoms with Gasteiger partial charge in [-0.2, -0.15) is 5.10 Å². The minimum absolute atomic E-state index is 0.418. The van der Waals surface area contributed by atoms with E-state index in [2.05, 4.69) is 25.1 Å². The lowest BCUT2D eigenvalue weighted by atomic mass is 10.1. The van der Waals surface area contributed by atoms with Gasteiger partial charge >= 0.3 is 0 Å². The van der Waals surface area contributed by atoms with Crippen molar-refractivity contribution in [1.29, 1.82) is 0 Å². The Kier molecular flexibility index (Phi) is 2.83. The van der Waals surface area contributed by atoms with Crippen molar-refractivity contribution in [3.8, 4) is 0 Å². The summed E-state index contributed by atoms with van der Waals surface area (Å²) in [6.45, 7) is 2.03. The second-order valence-corrected chi connectivity index (χ2v) is 4.34. The van der Waals surface area contributed by atoms with Gasteiger partial charge in [0.25, 0.3) is 0 Å². The zero-order valence-electron chi connectivity index (χ0n) is 9.58. The topological polar surface area (TPSA) is 57.7 Å². The molecule has 3 rings (SSSR count). The number of aromatic amines is 1. The van der Waals surface area contributed by atoms with Crippen molar-refractivity contribution in [3.05, 3.63) is 42.2 Å². The molecule has 88 valence electrons. The number of likely N-dealkylation sites (tertiary alicyclic amines) is 1. The SMILES string of the molecule is c1cc([C@H]2CCCN2Cc2ccn[nH]2)ncn1. The van der Waals surface area contributed by atoms with Gasteiger partial charge in [0.05, 0.1) is 11.7 Å². The standard InChI is InChI=1S/C12H15N5/c1-2-12(11-4-5-13-9-14-11)17(7-1)8-10-3-6-15-16-10/h3-6,9,12H,1-2,7-8H2,(H,15,16)/t12-/m1/s1. The first kappa shape index (κ1) is 10.4. The molecule has 0 bridgehead atoms. The lowest BCUT2D eigenvalue weighted by Gasteiger charge is -2.22. The molecule has 5 nitrogen and oxygen atoms in total. The maximum atomic E-state index is 4.36. The van der Waals surface area contributed by atoms with E-state index < -0.39 is 0 Å². The highest BCUT2D eigenvalue weighted by Crippen LogP contribution is 2.31. The molecular formula is C12H15N5. The first-order valence-electron chi connectivity index (χ1n) is 5.92. The summed E-state index contributed by atoms with van der Waals surface area (Å²) in [5.41, 5.74) is 2.28. The van der Waals surface area contributed by atoms with Crippen LogP contribution < -0.4 is 0 Å². The van der Waals surface area contributed by atoms with Gasteiger partial charge in [-0.25, -0.2) is 9.97 Å². The van der Waals surface area contributed by atoms with Crippen molar-refractivity contribution in [2.75, 3.05) is 6.54 Å². The smallest absolute Gasteiger partial charge is 0.115 e. The maximum absolute atomic E-state index is 4.36. The van der Waals surface area contributed by atoms with E-state index in [-0.39, 0.29) is 0 Å². The maximum Gasteiger partial charge on any atom is 0.115 e. The minimum Gasteiger partial charge on any atom is -0.289 e. The van der Waals surface area contributed by atoms with Gasteiger partial charge in [-0.1, -0.05) is 0 Å². The predicted molar refractivity (Wildman–Crippen MR) is 63.0 cm³/mol. The molecule has 1 saturated heterocycles. The highest BCUT2D eigenvalue weighted by Gasteiger charge is 2.27. The van der Waals surface area contributed by atoms with Crippen molar-refractivity contribution in [2.24, 2.45) is 0 Å². The van der Waals surface area contributed by atoms with Gasteiger partial charge < -0.3 is 0 Å². The van der Waals surface area contributed by atoms with Crippen LogP contribution >= 0.6 is 0 Å². The van der Waals surface area contributed by atoms with E-state index in [1.165, 1.54) is 12.8 Å². The number of nitrogens with one attached hydrogen (secondary N) is 1. The van der Waals surface area contributed by atoms with Crippen molar-refractivity contribution in [1.82, 2.24) is 25.1 Å². The number of aromatic nitrogens is 4. The molecule has 3 heterocycles. The molecule has 0 spiro atoms. The summed E-state index contributed by atoms with van der Waals surface area (Å²) >= 11 is 0. The summed E-state index contributed by atoms with van der Waals surface area (Å²) in [6.07, 6.45) is 7.64. The van der Waals surface area contributed by atoms with Crippen molar-refractivity contribution >= 4 is 0 Å². The quantitative estimate of drug-likeness (QED) is 0.867. The fourth-order valence-corrected chi connectivity index (χ4v) is 2.44. The van der Waals surface area contributed by atoms with Gasteiger partial charge in [-0.3, -0.25) is 10.00 Å². The van der Waals surface area contributed by atoms with Crippen LogP contribution in [0.2, 0.25) is 0 Å². The van der Waals surface area contributed by atoms with Crippen LogP contribution in [0.1, 0.15) is 30.3 Å². The van der Waals surface area contributed by atoms with Gasteiger partial charge in [0.2, 0.25) is 0 Å².